The van der Waals surface area contributed by atoms with Gasteiger partial charge in [-0.1, -0.05) is 19.8 Å². The highest BCUT2D eigenvalue weighted by Crippen LogP contribution is 2.46. The van der Waals surface area contributed by atoms with Crippen LogP contribution in [0.15, 0.2) is 0 Å². The minimum absolute atomic E-state index is 0.233. The molecule has 6 heteroatoms. The van der Waals surface area contributed by atoms with Gasteiger partial charge in [0, 0.05) is 13.1 Å². The predicted molar refractivity (Wildman–Crippen MR) is 68.3 cm³/mol. The number of rotatable bonds is 3. The second-order valence-electron chi connectivity index (χ2n) is 6.51. The summed E-state index contributed by atoms with van der Waals surface area (Å²) in [6.45, 7) is 2.62. The Hall–Kier alpha value is -0.780. The van der Waals surface area contributed by atoms with Crippen LogP contribution in [0.1, 0.15) is 39.0 Å². The topological polar surface area (TPSA) is 40.5 Å². The Morgan fingerprint density at radius 1 is 1.40 bits per heavy atom. The normalized spacial score (nSPS) is 36.2. The molecule has 0 aromatic heterocycles. The first-order valence-electron chi connectivity index (χ1n) is 7.27. The van der Waals surface area contributed by atoms with Crippen molar-refractivity contribution in [3.05, 3.63) is 0 Å². The molecule has 1 saturated carbocycles. The number of alkyl halides is 3. The summed E-state index contributed by atoms with van der Waals surface area (Å²) < 4.78 is 39.2. The maximum absolute atomic E-state index is 13.1. The van der Waals surface area contributed by atoms with E-state index >= 15 is 0 Å². The third-order valence-electron chi connectivity index (χ3n) is 4.86. The van der Waals surface area contributed by atoms with E-state index in [0.29, 0.717) is 18.4 Å². The fourth-order valence-electron chi connectivity index (χ4n) is 3.66. The van der Waals surface area contributed by atoms with Gasteiger partial charge in [0.15, 0.2) is 5.41 Å². The standard InChI is InChI=1S/C14H22F3NO2/c1-10-3-2-4-11(7-10)8-18-6-5-13(9-18,12(19)20)14(15,16)17/h10-11H,2-9H2,1H3,(H,19,20). The molecule has 0 amide bonds. The van der Waals surface area contributed by atoms with Crippen LogP contribution in [-0.4, -0.2) is 41.8 Å². The van der Waals surface area contributed by atoms with Crippen molar-refractivity contribution >= 4 is 5.97 Å². The summed E-state index contributed by atoms with van der Waals surface area (Å²) in [5.41, 5.74) is -2.56. The molecule has 3 atom stereocenters. The Balaban J connectivity index is 1.98. The Morgan fingerprint density at radius 2 is 2.10 bits per heavy atom. The molecule has 1 heterocycles. The Morgan fingerprint density at radius 3 is 2.60 bits per heavy atom. The first-order chi connectivity index (χ1) is 9.24. The van der Waals surface area contributed by atoms with E-state index < -0.39 is 24.1 Å². The highest BCUT2D eigenvalue weighted by molar-refractivity contribution is 5.76. The molecule has 1 saturated heterocycles. The van der Waals surface area contributed by atoms with Crippen LogP contribution in [0.25, 0.3) is 0 Å². The smallest absolute Gasteiger partial charge is 0.406 e. The summed E-state index contributed by atoms with van der Waals surface area (Å²) in [6.07, 6.45) is -0.585. The molecule has 0 bridgehead atoms. The fraction of sp³-hybridized carbons (Fsp3) is 0.929. The van der Waals surface area contributed by atoms with Crippen LogP contribution in [0.2, 0.25) is 0 Å². The molecule has 0 spiro atoms. The number of hydrogen-bond acceptors (Lipinski definition) is 2. The van der Waals surface area contributed by atoms with E-state index in [1.807, 2.05) is 0 Å². The lowest BCUT2D eigenvalue weighted by atomic mass is 9.82. The van der Waals surface area contributed by atoms with E-state index in [1.165, 1.54) is 6.42 Å². The number of carboxylic acids is 1. The van der Waals surface area contributed by atoms with Gasteiger partial charge >= 0.3 is 12.1 Å². The van der Waals surface area contributed by atoms with Gasteiger partial charge in [0.05, 0.1) is 0 Å². The summed E-state index contributed by atoms with van der Waals surface area (Å²) >= 11 is 0. The Labute approximate surface area is 117 Å². The molecule has 20 heavy (non-hydrogen) atoms. The molecule has 2 fully saturated rings. The van der Waals surface area contributed by atoms with E-state index in [4.69, 9.17) is 5.11 Å². The molecule has 3 unspecified atom stereocenters. The van der Waals surface area contributed by atoms with Gasteiger partial charge in [-0.15, -0.1) is 0 Å². The van der Waals surface area contributed by atoms with Crippen LogP contribution < -0.4 is 0 Å². The largest absolute Gasteiger partial charge is 0.481 e. The second-order valence-corrected chi connectivity index (χ2v) is 6.51. The molecule has 0 radical (unpaired) electrons. The number of carbonyl (C=O) groups is 1. The van der Waals surface area contributed by atoms with Gasteiger partial charge in [0.25, 0.3) is 0 Å². The van der Waals surface area contributed by atoms with E-state index in [-0.39, 0.29) is 13.0 Å². The molecule has 0 aromatic carbocycles. The van der Waals surface area contributed by atoms with Crippen molar-refractivity contribution in [2.45, 2.75) is 45.2 Å². The maximum Gasteiger partial charge on any atom is 0.406 e. The van der Waals surface area contributed by atoms with Gasteiger partial charge in [-0.25, -0.2) is 0 Å². The third kappa shape index (κ3) is 2.95. The fourth-order valence-corrected chi connectivity index (χ4v) is 3.66. The number of likely N-dealkylation sites (tertiary alicyclic amines) is 1. The summed E-state index contributed by atoms with van der Waals surface area (Å²) in [4.78, 5) is 12.8. The summed E-state index contributed by atoms with van der Waals surface area (Å²) in [5.74, 6) is -0.690. The molecule has 2 rings (SSSR count). The van der Waals surface area contributed by atoms with Gasteiger partial charge in [-0.2, -0.15) is 13.2 Å². The number of hydrogen-bond donors (Lipinski definition) is 1. The van der Waals surface area contributed by atoms with Crippen molar-refractivity contribution in [2.24, 2.45) is 17.3 Å². The van der Waals surface area contributed by atoms with E-state index in [2.05, 4.69) is 6.92 Å². The lowest BCUT2D eigenvalue weighted by Crippen LogP contribution is -2.47. The minimum atomic E-state index is -4.67. The first kappa shape index (κ1) is 15.6. The van der Waals surface area contributed by atoms with Crippen molar-refractivity contribution in [1.82, 2.24) is 4.90 Å². The molecule has 2 aliphatic rings. The number of aliphatic carboxylic acids is 1. The van der Waals surface area contributed by atoms with Crippen molar-refractivity contribution in [1.29, 1.82) is 0 Å². The van der Waals surface area contributed by atoms with Crippen LogP contribution in [-0.2, 0) is 4.79 Å². The summed E-state index contributed by atoms with van der Waals surface area (Å²) in [6, 6.07) is 0. The molecule has 1 N–H and O–H groups in total. The second kappa shape index (κ2) is 5.54. The van der Waals surface area contributed by atoms with Crippen molar-refractivity contribution in [2.75, 3.05) is 19.6 Å². The van der Waals surface area contributed by atoms with Gasteiger partial charge < -0.3 is 10.0 Å². The van der Waals surface area contributed by atoms with E-state index in [1.54, 1.807) is 4.90 Å². The number of nitrogens with zero attached hydrogens (tertiary/aromatic N) is 1. The zero-order valence-corrected chi connectivity index (χ0v) is 11.7. The lowest BCUT2D eigenvalue weighted by Gasteiger charge is -2.31. The predicted octanol–water partition coefficient (Wildman–Crippen LogP) is 3.15. The van der Waals surface area contributed by atoms with Crippen molar-refractivity contribution in [3.8, 4) is 0 Å². The van der Waals surface area contributed by atoms with E-state index in [0.717, 1.165) is 19.3 Å². The maximum atomic E-state index is 13.1. The van der Waals surface area contributed by atoms with Gasteiger partial charge in [0.1, 0.15) is 0 Å². The molecule has 0 aromatic rings. The average Bonchev–Trinajstić information content (AvgIpc) is 2.73. The monoisotopic (exact) mass is 293 g/mol. The van der Waals surface area contributed by atoms with Crippen LogP contribution >= 0.6 is 0 Å². The van der Waals surface area contributed by atoms with Crippen LogP contribution in [0.3, 0.4) is 0 Å². The molecule has 1 aliphatic carbocycles. The zero-order valence-electron chi connectivity index (χ0n) is 11.7. The number of halogens is 3. The van der Waals surface area contributed by atoms with Crippen LogP contribution in [0.5, 0.6) is 0 Å². The molecule has 1 aliphatic heterocycles. The lowest BCUT2D eigenvalue weighted by molar-refractivity contribution is -0.227. The zero-order chi connectivity index (χ0) is 15.0. The van der Waals surface area contributed by atoms with E-state index in [9.17, 15) is 18.0 Å². The quantitative estimate of drug-likeness (QED) is 0.869. The van der Waals surface area contributed by atoms with Gasteiger partial charge in [-0.3, -0.25) is 4.79 Å². The van der Waals surface area contributed by atoms with Crippen molar-refractivity contribution in [3.63, 3.8) is 0 Å². The summed E-state index contributed by atoms with van der Waals surface area (Å²) in [7, 11) is 0. The SMILES string of the molecule is CC1CCCC(CN2CCC(C(=O)O)(C(F)(F)F)C2)C1. The highest BCUT2D eigenvalue weighted by atomic mass is 19.4. The van der Waals surface area contributed by atoms with Crippen LogP contribution in [0, 0.1) is 17.3 Å². The summed E-state index contributed by atoms with van der Waals surface area (Å²) in [5, 5.41) is 9.02. The molecular weight excluding hydrogens is 271 g/mol. The third-order valence-corrected chi connectivity index (χ3v) is 4.86. The Kier molecular flexibility index (Phi) is 4.33. The average molecular weight is 293 g/mol. The molecular formula is C14H22F3NO2. The first-order valence-corrected chi connectivity index (χ1v) is 7.27. The van der Waals surface area contributed by atoms with Gasteiger partial charge in [-0.05, 0) is 37.6 Å². The number of carboxylic acid groups (broad SMARTS) is 1. The molecule has 116 valence electrons. The highest BCUT2D eigenvalue weighted by Gasteiger charge is 2.63. The molecule has 3 nitrogen and oxygen atoms in total. The van der Waals surface area contributed by atoms with Crippen molar-refractivity contribution < 1.29 is 23.1 Å². The minimum Gasteiger partial charge on any atom is -0.481 e. The van der Waals surface area contributed by atoms with Crippen LogP contribution in [0.4, 0.5) is 13.2 Å². The van der Waals surface area contributed by atoms with Gasteiger partial charge in [0.2, 0.25) is 0 Å². The Bertz CT molecular complexity index is 372.